The number of fused-ring (bicyclic) bond motifs is 1. The van der Waals surface area contributed by atoms with Crippen molar-refractivity contribution in [3.63, 3.8) is 0 Å². The fourth-order valence-electron chi connectivity index (χ4n) is 2.56. The summed E-state index contributed by atoms with van der Waals surface area (Å²) in [6.07, 6.45) is 0.968. The van der Waals surface area contributed by atoms with Crippen molar-refractivity contribution >= 4 is 16.7 Å². The number of nitrogens with two attached hydrogens (primary N) is 1. The van der Waals surface area contributed by atoms with Crippen LogP contribution in [0.25, 0.3) is 22.4 Å². The Morgan fingerprint density at radius 1 is 1.17 bits per heavy atom. The lowest BCUT2D eigenvalue weighted by Crippen LogP contribution is -2.01. The summed E-state index contributed by atoms with van der Waals surface area (Å²) in [6.45, 7) is 0.485. The molecule has 3 aromatic rings. The van der Waals surface area contributed by atoms with Gasteiger partial charge in [-0.15, -0.1) is 0 Å². The number of unbranched alkanes of at least 4 members (excludes halogenated alkanes) is 1. The molecule has 1 heterocycles. The van der Waals surface area contributed by atoms with Crippen molar-refractivity contribution in [2.24, 2.45) is 0 Å². The normalized spacial score (nSPS) is 10.8. The molecule has 0 atom stereocenters. The summed E-state index contributed by atoms with van der Waals surface area (Å²) >= 11 is 0. The van der Waals surface area contributed by atoms with Gasteiger partial charge in [-0.3, -0.25) is 0 Å². The minimum absolute atomic E-state index is 0.373. The van der Waals surface area contributed by atoms with Gasteiger partial charge in [0.1, 0.15) is 5.82 Å². The molecule has 3 rings (SSSR count). The van der Waals surface area contributed by atoms with Crippen LogP contribution < -0.4 is 5.73 Å². The number of aromatic nitrogens is 2. The van der Waals surface area contributed by atoms with Crippen LogP contribution >= 0.6 is 0 Å². The van der Waals surface area contributed by atoms with Crippen LogP contribution in [-0.2, 0) is 6.54 Å². The van der Waals surface area contributed by atoms with Gasteiger partial charge in [-0.05, 0) is 18.6 Å². The molecular formula is C17H14F2N4. The molecule has 2 N–H and O–H groups in total. The zero-order valence-corrected chi connectivity index (χ0v) is 12.3. The molecule has 0 bridgehead atoms. The number of nitrogen functional groups attached to an aromatic ring is 1. The zero-order chi connectivity index (χ0) is 16.4. The molecule has 0 fully saturated rings. The molecule has 0 aliphatic heterocycles. The molecule has 23 heavy (non-hydrogen) atoms. The summed E-state index contributed by atoms with van der Waals surface area (Å²) in [5.41, 5.74) is 8.02. The second-order valence-corrected chi connectivity index (χ2v) is 5.23. The first kappa shape index (κ1) is 15.0. The predicted molar refractivity (Wildman–Crippen MR) is 84.3 cm³/mol. The summed E-state index contributed by atoms with van der Waals surface area (Å²) in [7, 11) is 0. The summed E-state index contributed by atoms with van der Waals surface area (Å²) in [4.78, 5) is 4.42. The van der Waals surface area contributed by atoms with Gasteiger partial charge in [0.05, 0.1) is 17.1 Å². The van der Waals surface area contributed by atoms with Crippen molar-refractivity contribution in [3.8, 4) is 17.5 Å². The molecule has 0 radical (unpaired) electrons. The number of nitrogens with zero attached hydrogens (tertiary/aromatic N) is 3. The van der Waals surface area contributed by atoms with Gasteiger partial charge in [0.15, 0.2) is 11.6 Å². The third-order valence-corrected chi connectivity index (χ3v) is 3.61. The van der Waals surface area contributed by atoms with Crippen molar-refractivity contribution in [1.29, 1.82) is 5.26 Å². The van der Waals surface area contributed by atoms with Crippen molar-refractivity contribution in [1.82, 2.24) is 9.55 Å². The number of rotatable bonds is 4. The van der Waals surface area contributed by atoms with Crippen LogP contribution in [0.2, 0.25) is 0 Å². The Kier molecular flexibility index (Phi) is 3.94. The van der Waals surface area contributed by atoms with Crippen molar-refractivity contribution in [3.05, 3.63) is 48.0 Å². The Balaban J connectivity index is 2.19. The van der Waals surface area contributed by atoms with Crippen molar-refractivity contribution in [2.45, 2.75) is 19.4 Å². The molecule has 0 aliphatic carbocycles. The molecule has 4 nitrogen and oxygen atoms in total. The van der Waals surface area contributed by atoms with E-state index in [1.165, 1.54) is 0 Å². The van der Waals surface area contributed by atoms with Gasteiger partial charge in [-0.25, -0.2) is 13.8 Å². The van der Waals surface area contributed by atoms with E-state index in [1.54, 1.807) is 22.8 Å². The second kappa shape index (κ2) is 6.05. The van der Waals surface area contributed by atoms with Gasteiger partial charge in [0, 0.05) is 36.3 Å². The summed E-state index contributed by atoms with van der Waals surface area (Å²) in [5, 5.41) is 8.71. The average Bonchev–Trinajstić information content (AvgIpc) is 2.86. The Hall–Kier alpha value is -2.94. The summed E-state index contributed by atoms with van der Waals surface area (Å²) in [5.74, 6) is -1.27. The SMILES string of the molecule is N#CCCCn1c(-c2cccc(N)c2)nc2cc(F)c(F)cc21. The number of nitriles is 1. The monoisotopic (exact) mass is 312 g/mol. The minimum atomic E-state index is -0.932. The van der Waals surface area contributed by atoms with E-state index in [0.717, 1.165) is 17.7 Å². The van der Waals surface area contributed by atoms with E-state index in [2.05, 4.69) is 11.1 Å². The van der Waals surface area contributed by atoms with Crippen LogP contribution in [-0.4, -0.2) is 9.55 Å². The number of anilines is 1. The maximum Gasteiger partial charge on any atom is 0.161 e. The molecule has 116 valence electrons. The summed E-state index contributed by atoms with van der Waals surface area (Å²) < 4.78 is 28.9. The van der Waals surface area contributed by atoms with E-state index in [0.29, 0.717) is 41.9 Å². The van der Waals surface area contributed by atoms with Crippen LogP contribution in [0.5, 0.6) is 0 Å². The highest BCUT2D eigenvalue weighted by molar-refractivity contribution is 5.81. The standard InChI is InChI=1S/C17H14F2N4/c18-13-9-15-16(10-14(13)19)23(7-2-1-6-20)17(22-15)11-4-3-5-12(21)8-11/h3-5,8-10H,1-2,7,21H2. The number of aryl methyl sites for hydroxylation is 1. The molecule has 0 spiro atoms. The van der Waals surface area contributed by atoms with Gasteiger partial charge < -0.3 is 10.3 Å². The molecule has 0 saturated heterocycles. The quantitative estimate of drug-likeness (QED) is 0.587. The average molecular weight is 312 g/mol. The lowest BCUT2D eigenvalue weighted by atomic mass is 10.2. The van der Waals surface area contributed by atoms with Crippen LogP contribution in [0.15, 0.2) is 36.4 Å². The van der Waals surface area contributed by atoms with E-state index in [4.69, 9.17) is 11.0 Å². The number of halogens is 2. The molecule has 6 heteroatoms. The van der Waals surface area contributed by atoms with E-state index in [1.807, 2.05) is 6.07 Å². The van der Waals surface area contributed by atoms with Gasteiger partial charge in [-0.1, -0.05) is 12.1 Å². The first-order valence-electron chi connectivity index (χ1n) is 7.18. The van der Waals surface area contributed by atoms with E-state index < -0.39 is 11.6 Å². The maximum atomic E-state index is 13.6. The number of imidazole rings is 1. The van der Waals surface area contributed by atoms with Crippen LogP contribution in [0, 0.1) is 23.0 Å². The molecule has 0 amide bonds. The first-order chi connectivity index (χ1) is 11.1. The largest absolute Gasteiger partial charge is 0.399 e. The maximum absolute atomic E-state index is 13.6. The highest BCUT2D eigenvalue weighted by atomic mass is 19.2. The zero-order valence-electron chi connectivity index (χ0n) is 12.3. The van der Waals surface area contributed by atoms with Crippen LogP contribution in [0.3, 0.4) is 0 Å². The minimum Gasteiger partial charge on any atom is -0.399 e. The molecule has 0 aliphatic rings. The third-order valence-electron chi connectivity index (χ3n) is 3.61. The number of benzene rings is 2. The fraction of sp³-hybridized carbons (Fsp3) is 0.176. The lowest BCUT2D eigenvalue weighted by molar-refractivity contribution is 0.510. The van der Waals surface area contributed by atoms with Crippen molar-refractivity contribution in [2.75, 3.05) is 5.73 Å². The highest BCUT2D eigenvalue weighted by Crippen LogP contribution is 2.28. The second-order valence-electron chi connectivity index (χ2n) is 5.23. The topological polar surface area (TPSA) is 67.6 Å². The van der Waals surface area contributed by atoms with Crippen LogP contribution in [0.1, 0.15) is 12.8 Å². The fourth-order valence-corrected chi connectivity index (χ4v) is 2.56. The van der Waals surface area contributed by atoms with Crippen molar-refractivity contribution < 1.29 is 8.78 Å². The van der Waals surface area contributed by atoms with E-state index in [-0.39, 0.29) is 0 Å². The van der Waals surface area contributed by atoms with Gasteiger partial charge in [0.25, 0.3) is 0 Å². The van der Waals surface area contributed by atoms with Gasteiger partial charge >= 0.3 is 0 Å². The molecule has 0 saturated carbocycles. The molecule has 1 aromatic heterocycles. The Bertz CT molecular complexity index is 909. The van der Waals surface area contributed by atoms with E-state index >= 15 is 0 Å². The Morgan fingerprint density at radius 2 is 1.96 bits per heavy atom. The smallest absolute Gasteiger partial charge is 0.161 e. The first-order valence-corrected chi connectivity index (χ1v) is 7.18. The Labute approximate surface area is 131 Å². The number of hydrogen-bond acceptors (Lipinski definition) is 3. The number of hydrogen-bond donors (Lipinski definition) is 1. The van der Waals surface area contributed by atoms with Gasteiger partial charge in [0.2, 0.25) is 0 Å². The molecular weight excluding hydrogens is 298 g/mol. The third kappa shape index (κ3) is 2.86. The molecule has 2 aromatic carbocycles. The Morgan fingerprint density at radius 3 is 2.70 bits per heavy atom. The van der Waals surface area contributed by atoms with E-state index in [9.17, 15) is 8.78 Å². The lowest BCUT2D eigenvalue weighted by Gasteiger charge is -2.09. The predicted octanol–water partition coefficient (Wildman–Crippen LogP) is 3.87. The molecule has 0 unspecified atom stereocenters. The van der Waals surface area contributed by atoms with Crippen LogP contribution in [0.4, 0.5) is 14.5 Å². The highest BCUT2D eigenvalue weighted by Gasteiger charge is 2.15. The van der Waals surface area contributed by atoms with Gasteiger partial charge in [-0.2, -0.15) is 5.26 Å². The summed E-state index contributed by atoms with van der Waals surface area (Å²) in [6, 6.07) is 11.5.